The zero-order valence-electron chi connectivity index (χ0n) is 15.4. The smallest absolute Gasteiger partial charge is 0.244 e. The maximum atomic E-state index is 12.3. The molecule has 0 spiro atoms. The number of rotatable bonds is 6. The summed E-state index contributed by atoms with van der Waals surface area (Å²) in [5.74, 6) is -0.0488. The number of hydrogen-bond acceptors (Lipinski definition) is 4. The van der Waals surface area contributed by atoms with Gasteiger partial charge in [0, 0.05) is 41.0 Å². The van der Waals surface area contributed by atoms with Crippen molar-refractivity contribution in [1.29, 1.82) is 0 Å². The average molecular weight is 371 g/mol. The van der Waals surface area contributed by atoms with Gasteiger partial charge in [-0.1, -0.05) is 30.3 Å². The Hall–Kier alpha value is -1.95. The van der Waals surface area contributed by atoms with Gasteiger partial charge in [-0.25, -0.2) is 0 Å². The first kappa shape index (κ1) is 18.8. The van der Waals surface area contributed by atoms with Gasteiger partial charge in [0.2, 0.25) is 5.91 Å². The second-order valence-corrected chi connectivity index (χ2v) is 7.70. The van der Waals surface area contributed by atoms with Crippen LogP contribution >= 0.6 is 11.3 Å². The van der Waals surface area contributed by atoms with Crippen LogP contribution in [0.2, 0.25) is 0 Å². The Morgan fingerprint density at radius 1 is 1.15 bits per heavy atom. The molecule has 1 N–H and O–H groups in total. The SMILES string of the molecule is CC(NC(=O)C=Cc1ccc(-c2ccccc2)s1)C(C)N1CCOCC1. The van der Waals surface area contributed by atoms with E-state index in [0.717, 1.165) is 31.2 Å². The van der Waals surface area contributed by atoms with Gasteiger partial charge in [0.1, 0.15) is 0 Å². The van der Waals surface area contributed by atoms with Crippen molar-refractivity contribution < 1.29 is 9.53 Å². The number of nitrogens with one attached hydrogen (secondary N) is 1. The van der Waals surface area contributed by atoms with Crippen LogP contribution in [0.1, 0.15) is 18.7 Å². The number of amides is 1. The van der Waals surface area contributed by atoms with Crippen LogP contribution in [0.15, 0.2) is 48.5 Å². The number of carbonyl (C=O) groups excluding carboxylic acids is 1. The Bertz CT molecular complexity index is 735. The zero-order valence-corrected chi connectivity index (χ0v) is 16.2. The van der Waals surface area contributed by atoms with E-state index in [4.69, 9.17) is 4.74 Å². The first-order valence-electron chi connectivity index (χ1n) is 9.09. The lowest BCUT2D eigenvalue weighted by atomic mass is 10.1. The Morgan fingerprint density at radius 3 is 2.62 bits per heavy atom. The van der Waals surface area contributed by atoms with Crippen molar-refractivity contribution in [2.45, 2.75) is 25.9 Å². The molecule has 26 heavy (non-hydrogen) atoms. The maximum absolute atomic E-state index is 12.3. The first-order valence-corrected chi connectivity index (χ1v) is 9.91. The molecular formula is C21H26N2O2S. The van der Waals surface area contributed by atoms with Gasteiger partial charge in [0.05, 0.1) is 13.2 Å². The first-order chi connectivity index (χ1) is 12.6. The third-order valence-corrected chi connectivity index (χ3v) is 5.90. The molecule has 0 aliphatic carbocycles. The van der Waals surface area contributed by atoms with Crippen molar-refractivity contribution in [1.82, 2.24) is 10.2 Å². The van der Waals surface area contributed by atoms with Gasteiger partial charge >= 0.3 is 0 Å². The molecule has 4 nitrogen and oxygen atoms in total. The molecule has 0 saturated carbocycles. The van der Waals surface area contributed by atoms with Crippen LogP contribution < -0.4 is 5.32 Å². The average Bonchev–Trinajstić information content (AvgIpc) is 3.16. The van der Waals surface area contributed by atoms with Gasteiger partial charge in [-0.05, 0) is 37.6 Å². The third-order valence-electron chi connectivity index (χ3n) is 4.80. The summed E-state index contributed by atoms with van der Waals surface area (Å²) in [5.41, 5.74) is 1.20. The largest absolute Gasteiger partial charge is 0.379 e. The molecule has 1 fully saturated rings. The van der Waals surface area contributed by atoms with E-state index in [2.05, 4.69) is 48.3 Å². The Morgan fingerprint density at radius 2 is 1.88 bits per heavy atom. The van der Waals surface area contributed by atoms with E-state index in [1.165, 1.54) is 10.4 Å². The van der Waals surface area contributed by atoms with Gasteiger partial charge in [-0.3, -0.25) is 9.69 Å². The van der Waals surface area contributed by atoms with Crippen LogP contribution in [0, 0.1) is 0 Å². The molecular weight excluding hydrogens is 344 g/mol. The number of carbonyl (C=O) groups is 1. The molecule has 5 heteroatoms. The molecule has 1 aromatic carbocycles. The van der Waals surface area contributed by atoms with E-state index >= 15 is 0 Å². The summed E-state index contributed by atoms with van der Waals surface area (Å²) in [7, 11) is 0. The molecule has 1 saturated heterocycles. The van der Waals surface area contributed by atoms with Gasteiger partial charge in [-0.15, -0.1) is 11.3 Å². The standard InChI is InChI=1S/C21H26N2O2S/c1-16(17(2)23-12-14-25-15-13-23)22-21(24)11-9-19-8-10-20(26-19)18-6-4-3-5-7-18/h3-11,16-17H,12-15H2,1-2H3,(H,22,24). The van der Waals surface area contributed by atoms with Gasteiger partial charge in [-0.2, -0.15) is 0 Å². The second kappa shape index (κ2) is 9.12. The Balaban J connectivity index is 1.53. The molecule has 2 aromatic rings. The molecule has 2 heterocycles. The van der Waals surface area contributed by atoms with E-state index in [0.29, 0.717) is 6.04 Å². The van der Waals surface area contributed by atoms with Crippen molar-refractivity contribution in [2.75, 3.05) is 26.3 Å². The van der Waals surface area contributed by atoms with E-state index in [9.17, 15) is 4.79 Å². The van der Waals surface area contributed by atoms with Crippen molar-refractivity contribution in [3.63, 3.8) is 0 Å². The van der Waals surface area contributed by atoms with E-state index in [1.807, 2.05) is 24.3 Å². The lowest BCUT2D eigenvalue weighted by Crippen LogP contribution is -2.51. The van der Waals surface area contributed by atoms with Gasteiger partial charge < -0.3 is 10.1 Å². The monoisotopic (exact) mass is 370 g/mol. The number of hydrogen-bond donors (Lipinski definition) is 1. The minimum absolute atomic E-state index is 0.0488. The highest BCUT2D eigenvalue weighted by molar-refractivity contribution is 7.16. The van der Waals surface area contributed by atoms with Crippen molar-refractivity contribution in [3.8, 4) is 10.4 Å². The highest BCUT2D eigenvalue weighted by Gasteiger charge is 2.22. The molecule has 0 bridgehead atoms. The topological polar surface area (TPSA) is 41.6 Å². The summed E-state index contributed by atoms with van der Waals surface area (Å²) >= 11 is 1.69. The van der Waals surface area contributed by atoms with Crippen LogP contribution in [0.3, 0.4) is 0 Å². The summed E-state index contributed by atoms with van der Waals surface area (Å²) < 4.78 is 5.39. The highest BCUT2D eigenvalue weighted by Crippen LogP contribution is 2.28. The molecule has 0 radical (unpaired) electrons. The molecule has 1 aliphatic rings. The van der Waals surface area contributed by atoms with E-state index in [-0.39, 0.29) is 11.9 Å². The summed E-state index contributed by atoms with van der Waals surface area (Å²) in [6.07, 6.45) is 3.52. The fraction of sp³-hybridized carbons (Fsp3) is 0.381. The number of thiophene rings is 1. The van der Waals surface area contributed by atoms with Crippen LogP contribution in [-0.4, -0.2) is 49.2 Å². The second-order valence-electron chi connectivity index (χ2n) is 6.59. The van der Waals surface area contributed by atoms with Crippen molar-refractivity contribution in [3.05, 3.63) is 53.4 Å². The molecule has 2 atom stereocenters. The third kappa shape index (κ3) is 5.04. The fourth-order valence-corrected chi connectivity index (χ4v) is 3.97. The van der Waals surface area contributed by atoms with Gasteiger partial charge in [0.25, 0.3) is 0 Å². The highest BCUT2D eigenvalue weighted by atomic mass is 32.1. The molecule has 2 unspecified atom stereocenters. The number of ether oxygens (including phenoxy) is 1. The predicted molar refractivity (Wildman–Crippen MR) is 108 cm³/mol. The maximum Gasteiger partial charge on any atom is 0.244 e. The number of benzene rings is 1. The molecule has 3 rings (SSSR count). The molecule has 1 amide bonds. The lowest BCUT2D eigenvalue weighted by molar-refractivity contribution is -0.117. The number of morpholine rings is 1. The minimum atomic E-state index is -0.0488. The van der Waals surface area contributed by atoms with E-state index < -0.39 is 0 Å². The van der Waals surface area contributed by atoms with Crippen LogP contribution in [0.5, 0.6) is 0 Å². The molecule has 1 aromatic heterocycles. The van der Waals surface area contributed by atoms with Gasteiger partial charge in [0.15, 0.2) is 0 Å². The number of nitrogens with zero attached hydrogens (tertiary/aromatic N) is 1. The molecule has 138 valence electrons. The fourth-order valence-electron chi connectivity index (χ4n) is 3.05. The quantitative estimate of drug-likeness (QED) is 0.789. The summed E-state index contributed by atoms with van der Waals surface area (Å²) in [6.45, 7) is 7.61. The normalized spacial score (nSPS) is 17.9. The minimum Gasteiger partial charge on any atom is -0.379 e. The van der Waals surface area contributed by atoms with Crippen molar-refractivity contribution in [2.24, 2.45) is 0 Å². The Labute approximate surface area is 159 Å². The lowest BCUT2D eigenvalue weighted by Gasteiger charge is -2.35. The summed E-state index contributed by atoms with van der Waals surface area (Å²) in [6, 6.07) is 14.8. The zero-order chi connectivity index (χ0) is 18.4. The van der Waals surface area contributed by atoms with Crippen LogP contribution in [-0.2, 0) is 9.53 Å². The predicted octanol–water partition coefficient (Wildman–Crippen LogP) is 3.65. The summed E-state index contributed by atoms with van der Waals surface area (Å²) in [4.78, 5) is 16.9. The Kier molecular flexibility index (Phi) is 6.61. The summed E-state index contributed by atoms with van der Waals surface area (Å²) in [5, 5.41) is 3.08. The van der Waals surface area contributed by atoms with Crippen molar-refractivity contribution >= 4 is 23.3 Å². The molecule has 1 aliphatic heterocycles. The van der Waals surface area contributed by atoms with Crippen LogP contribution in [0.4, 0.5) is 0 Å². The van der Waals surface area contributed by atoms with Crippen LogP contribution in [0.25, 0.3) is 16.5 Å². The van der Waals surface area contributed by atoms with E-state index in [1.54, 1.807) is 17.4 Å².